The van der Waals surface area contributed by atoms with Crippen LogP contribution in [0, 0.1) is 0 Å². The van der Waals surface area contributed by atoms with Gasteiger partial charge in [-0.2, -0.15) is 5.90 Å². The molecular weight excluding hydrogens is 130 g/mol. The number of hydrogen-bond acceptors (Lipinski definition) is 2. The van der Waals surface area contributed by atoms with Gasteiger partial charge >= 0.3 is 5.97 Å². The predicted octanol–water partition coefficient (Wildman–Crippen LogP) is 0.000300. The number of benzene rings is 1. The van der Waals surface area contributed by atoms with Crippen LogP contribution in [-0.2, 0) is 4.84 Å². The Hall–Kier alpha value is -1.35. The first-order chi connectivity index (χ1) is 4.84. The van der Waals surface area contributed by atoms with Gasteiger partial charge in [0.05, 0.1) is 5.56 Å². The summed E-state index contributed by atoms with van der Waals surface area (Å²) in [6.07, 6.45) is 0. The Kier molecular flexibility index (Phi) is 2.02. The van der Waals surface area contributed by atoms with Crippen molar-refractivity contribution in [3.05, 3.63) is 35.9 Å². The van der Waals surface area contributed by atoms with E-state index >= 15 is 0 Å². The highest BCUT2D eigenvalue weighted by Crippen LogP contribution is 1.97. The highest BCUT2D eigenvalue weighted by molar-refractivity contribution is 5.88. The van der Waals surface area contributed by atoms with Crippen molar-refractivity contribution in [1.29, 1.82) is 0 Å². The zero-order valence-corrected chi connectivity index (χ0v) is 5.41. The van der Waals surface area contributed by atoms with Crippen molar-refractivity contribution >= 4 is 5.97 Å². The molecule has 0 unspecified atom stereocenters. The maximum Gasteiger partial charge on any atom is 0.397 e. The number of carbonyl (C=O) groups excluding carboxylic acids is 1. The van der Waals surface area contributed by atoms with Crippen LogP contribution in [0.4, 0.5) is 0 Å². The summed E-state index contributed by atoms with van der Waals surface area (Å²) >= 11 is 0. The molecule has 1 aromatic rings. The summed E-state index contributed by atoms with van der Waals surface area (Å²) in [5.74, 6) is 2.61. The second-order valence-electron chi connectivity index (χ2n) is 1.80. The Morgan fingerprint density at radius 2 is 1.90 bits per heavy atom. The lowest BCUT2D eigenvalue weighted by molar-refractivity contribution is -0.653. The average molecular weight is 138 g/mol. The fraction of sp³-hybridized carbons (Fsp3) is 0. The molecule has 0 fully saturated rings. The lowest BCUT2D eigenvalue weighted by Crippen LogP contribution is -2.51. The molecule has 1 aromatic carbocycles. The second-order valence-corrected chi connectivity index (χ2v) is 1.80. The smallest absolute Gasteiger partial charge is 0.276 e. The molecule has 0 aliphatic rings. The van der Waals surface area contributed by atoms with Gasteiger partial charge in [0.15, 0.2) is 0 Å². The van der Waals surface area contributed by atoms with Crippen molar-refractivity contribution in [2.24, 2.45) is 0 Å². The molecule has 0 bridgehead atoms. The first-order valence-corrected chi connectivity index (χ1v) is 2.86. The second kappa shape index (κ2) is 2.98. The molecule has 0 amide bonds. The minimum atomic E-state index is -0.402. The Morgan fingerprint density at radius 1 is 1.30 bits per heavy atom. The third kappa shape index (κ3) is 1.33. The molecule has 3 heteroatoms. The van der Waals surface area contributed by atoms with Crippen molar-refractivity contribution in [2.75, 3.05) is 0 Å². The van der Waals surface area contributed by atoms with Crippen LogP contribution < -0.4 is 5.90 Å². The van der Waals surface area contributed by atoms with E-state index in [1.807, 2.05) is 6.07 Å². The fourth-order valence-electron chi connectivity index (χ4n) is 0.658. The van der Waals surface area contributed by atoms with Gasteiger partial charge in [-0.1, -0.05) is 18.2 Å². The van der Waals surface area contributed by atoms with Gasteiger partial charge in [-0.15, -0.1) is 0 Å². The molecule has 0 aliphatic carbocycles. The Morgan fingerprint density at radius 3 is 2.40 bits per heavy atom. The summed E-state index contributed by atoms with van der Waals surface area (Å²) in [7, 11) is 0. The summed E-state index contributed by atoms with van der Waals surface area (Å²) in [5.41, 5.74) is 0.525. The van der Waals surface area contributed by atoms with Crippen LogP contribution in [0.15, 0.2) is 30.3 Å². The molecular formula is C7H8NO2+. The van der Waals surface area contributed by atoms with Crippen LogP contribution in [0.5, 0.6) is 0 Å². The number of quaternary nitrogens is 1. The van der Waals surface area contributed by atoms with E-state index in [0.29, 0.717) is 5.56 Å². The lowest BCUT2D eigenvalue weighted by atomic mass is 10.2. The molecule has 1 rings (SSSR count). The van der Waals surface area contributed by atoms with Gasteiger partial charge in [0.25, 0.3) is 0 Å². The number of carbonyl (C=O) groups is 1. The van der Waals surface area contributed by atoms with E-state index in [9.17, 15) is 4.79 Å². The summed E-state index contributed by atoms with van der Waals surface area (Å²) in [6.45, 7) is 0. The van der Waals surface area contributed by atoms with Crippen molar-refractivity contribution < 1.29 is 15.5 Å². The van der Waals surface area contributed by atoms with Crippen LogP contribution in [0.2, 0.25) is 0 Å². The standard InChI is InChI=1S/C7H8NO2/c8-10-7(9)6-4-2-1-3-5-6/h1-5H,8H3/q+1. The van der Waals surface area contributed by atoms with Crippen molar-refractivity contribution in [1.82, 2.24) is 0 Å². The predicted molar refractivity (Wildman–Crippen MR) is 34.7 cm³/mol. The fourth-order valence-corrected chi connectivity index (χ4v) is 0.658. The molecule has 0 heterocycles. The minimum Gasteiger partial charge on any atom is -0.276 e. The summed E-state index contributed by atoms with van der Waals surface area (Å²) in [4.78, 5) is 15.0. The van der Waals surface area contributed by atoms with E-state index in [-0.39, 0.29) is 0 Å². The van der Waals surface area contributed by atoms with Crippen molar-refractivity contribution in [3.63, 3.8) is 0 Å². The molecule has 3 N–H and O–H groups in total. The van der Waals surface area contributed by atoms with E-state index in [0.717, 1.165) is 0 Å². The molecule has 0 aromatic heterocycles. The Labute approximate surface area is 58.4 Å². The molecule has 10 heavy (non-hydrogen) atoms. The third-order valence-corrected chi connectivity index (χ3v) is 1.14. The maximum absolute atomic E-state index is 10.7. The SMILES string of the molecule is [NH3+]OC(=O)c1ccccc1. The molecule has 3 nitrogen and oxygen atoms in total. The Bertz CT molecular complexity index is 220. The van der Waals surface area contributed by atoms with Crippen molar-refractivity contribution in [3.8, 4) is 0 Å². The van der Waals surface area contributed by atoms with Crippen LogP contribution in [-0.4, -0.2) is 5.97 Å². The summed E-state index contributed by atoms with van der Waals surface area (Å²) < 4.78 is 0. The van der Waals surface area contributed by atoms with Gasteiger partial charge in [-0.3, -0.25) is 4.84 Å². The third-order valence-electron chi connectivity index (χ3n) is 1.14. The van der Waals surface area contributed by atoms with Crippen molar-refractivity contribution in [2.45, 2.75) is 0 Å². The van der Waals surface area contributed by atoms with E-state index in [4.69, 9.17) is 0 Å². The minimum absolute atomic E-state index is 0.402. The monoisotopic (exact) mass is 138 g/mol. The topological polar surface area (TPSA) is 53.9 Å². The highest BCUT2D eigenvalue weighted by atomic mass is 16.7. The molecule has 52 valence electrons. The largest absolute Gasteiger partial charge is 0.397 e. The van der Waals surface area contributed by atoms with Crippen LogP contribution >= 0.6 is 0 Å². The highest BCUT2D eigenvalue weighted by Gasteiger charge is 2.04. The van der Waals surface area contributed by atoms with E-state index in [2.05, 4.69) is 10.7 Å². The molecule has 0 aliphatic heterocycles. The number of rotatable bonds is 1. The normalized spacial score (nSPS) is 8.90. The molecule has 0 radical (unpaired) electrons. The molecule has 0 saturated heterocycles. The van der Waals surface area contributed by atoms with E-state index < -0.39 is 5.97 Å². The zero-order chi connectivity index (χ0) is 7.40. The van der Waals surface area contributed by atoms with E-state index in [1.54, 1.807) is 24.3 Å². The zero-order valence-electron chi connectivity index (χ0n) is 5.41. The Balaban J connectivity index is 2.85. The van der Waals surface area contributed by atoms with Gasteiger partial charge < -0.3 is 0 Å². The first-order valence-electron chi connectivity index (χ1n) is 2.86. The van der Waals surface area contributed by atoms with Crippen LogP contribution in [0.25, 0.3) is 0 Å². The van der Waals surface area contributed by atoms with Gasteiger partial charge in [-0.05, 0) is 12.1 Å². The number of hydrogen-bond donors (Lipinski definition) is 1. The maximum atomic E-state index is 10.7. The summed E-state index contributed by atoms with van der Waals surface area (Å²) in [6, 6.07) is 8.72. The molecule has 0 saturated carbocycles. The quantitative estimate of drug-likeness (QED) is 0.555. The summed E-state index contributed by atoms with van der Waals surface area (Å²) in [5, 5.41) is 0. The molecule has 0 atom stereocenters. The first kappa shape index (κ1) is 6.77. The average Bonchev–Trinajstić information content (AvgIpc) is 2.05. The van der Waals surface area contributed by atoms with Gasteiger partial charge in [0.2, 0.25) is 0 Å². The van der Waals surface area contributed by atoms with Crippen LogP contribution in [0.3, 0.4) is 0 Å². The van der Waals surface area contributed by atoms with Crippen LogP contribution in [0.1, 0.15) is 10.4 Å². The lowest BCUT2D eigenvalue weighted by Gasteiger charge is -1.91. The van der Waals surface area contributed by atoms with Gasteiger partial charge in [0.1, 0.15) is 0 Å². The van der Waals surface area contributed by atoms with Gasteiger partial charge in [-0.25, -0.2) is 4.79 Å². The van der Waals surface area contributed by atoms with Gasteiger partial charge in [0, 0.05) is 0 Å². The molecule has 0 spiro atoms. The van der Waals surface area contributed by atoms with E-state index in [1.165, 1.54) is 0 Å².